The van der Waals surface area contributed by atoms with Gasteiger partial charge in [0, 0.05) is 34.0 Å². The Balaban J connectivity index is 1.47. The van der Waals surface area contributed by atoms with Crippen LogP contribution in [0.1, 0.15) is 31.5 Å². The first kappa shape index (κ1) is 26.1. The number of thioether (sulfide) groups is 1. The van der Waals surface area contributed by atoms with Crippen LogP contribution in [-0.4, -0.2) is 27.8 Å². The molecule has 9 nitrogen and oxygen atoms in total. The van der Waals surface area contributed by atoms with E-state index in [1.807, 2.05) is 30.3 Å². The summed E-state index contributed by atoms with van der Waals surface area (Å²) in [5.74, 6) is -1.82. The fourth-order valence-corrected chi connectivity index (χ4v) is 4.55. The molecule has 1 unspecified atom stereocenters. The van der Waals surface area contributed by atoms with Crippen LogP contribution >= 0.6 is 11.8 Å². The maximum absolute atomic E-state index is 13.2. The van der Waals surface area contributed by atoms with Gasteiger partial charge in [0.05, 0.1) is 10.5 Å². The van der Waals surface area contributed by atoms with Crippen LogP contribution in [0.3, 0.4) is 0 Å². The van der Waals surface area contributed by atoms with Gasteiger partial charge in [-0.1, -0.05) is 36.4 Å². The van der Waals surface area contributed by atoms with Crippen LogP contribution in [0.2, 0.25) is 0 Å². The minimum absolute atomic E-state index is 0.120. The Morgan fingerprint density at radius 1 is 0.763 bits per heavy atom. The van der Waals surface area contributed by atoms with E-state index < -0.39 is 22.0 Å². The first-order valence-corrected chi connectivity index (χ1v) is 12.2. The third-order valence-electron chi connectivity index (χ3n) is 5.43. The molecule has 0 heterocycles. The summed E-state index contributed by atoms with van der Waals surface area (Å²) in [6.45, 7) is 0. The topological polar surface area (TPSA) is 139 Å². The first-order valence-electron chi connectivity index (χ1n) is 11.3. The highest BCUT2D eigenvalue weighted by atomic mass is 32.2. The Bertz CT molecular complexity index is 1470. The summed E-state index contributed by atoms with van der Waals surface area (Å²) < 4.78 is 0. The Kier molecular flexibility index (Phi) is 8.14. The summed E-state index contributed by atoms with van der Waals surface area (Å²) in [5, 5.41) is 25.0. The number of aromatic carboxylic acids is 1. The molecule has 1 atom stereocenters. The molecule has 2 amide bonds. The van der Waals surface area contributed by atoms with E-state index in [0.717, 1.165) is 10.5 Å². The lowest BCUT2D eigenvalue weighted by molar-refractivity contribution is -0.384. The first-order chi connectivity index (χ1) is 18.3. The number of nitrogens with zero attached hydrogens (tertiary/aromatic N) is 1. The van der Waals surface area contributed by atoms with Gasteiger partial charge in [-0.2, -0.15) is 0 Å². The van der Waals surface area contributed by atoms with Gasteiger partial charge >= 0.3 is 5.97 Å². The second-order valence-corrected chi connectivity index (χ2v) is 9.24. The van der Waals surface area contributed by atoms with E-state index in [9.17, 15) is 24.5 Å². The zero-order valence-electron chi connectivity index (χ0n) is 19.7. The molecule has 0 aliphatic rings. The van der Waals surface area contributed by atoms with Crippen molar-refractivity contribution < 1.29 is 24.4 Å². The summed E-state index contributed by atoms with van der Waals surface area (Å²) >= 11 is 1.31. The molecule has 0 aliphatic heterocycles. The normalized spacial score (nSPS) is 11.3. The number of non-ortho nitro benzene ring substituents is 1. The largest absolute Gasteiger partial charge is 0.478 e. The van der Waals surface area contributed by atoms with Gasteiger partial charge in [-0.25, -0.2) is 4.79 Å². The lowest BCUT2D eigenvalue weighted by atomic mass is 10.1. The number of rotatable bonds is 9. The molecule has 0 saturated heterocycles. The molecule has 0 aliphatic carbocycles. The highest BCUT2D eigenvalue weighted by Gasteiger charge is 2.22. The van der Waals surface area contributed by atoms with Crippen LogP contribution in [0.15, 0.2) is 108 Å². The van der Waals surface area contributed by atoms with Crippen molar-refractivity contribution in [1.29, 1.82) is 0 Å². The van der Waals surface area contributed by atoms with Gasteiger partial charge in [-0.05, 0) is 60.2 Å². The second-order valence-electron chi connectivity index (χ2n) is 8.07. The van der Waals surface area contributed by atoms with Crippen molar-refractivity contribution in [2.45, 2.75) is 10.1 Å². The minimum Gasteiger partial charge on any atom is -0.478 e. The van der Waals surface area contributed by atoms with Gasteiger partial charge < -0.3 is 15.7 Å². The fraction of sp³-hybridized carbons (Fsp3) is 0.0357. The standard InChI is InChI=1S/C28H21N3O6S/c32-26(20-7-4-8-23(17-20)31(36)37)29-22-13-15-24(16-14-22)38-25(18-5-2-1-3-6-18)27(33)30-21-11-9-19(10-12-21)28(34)35/h1-17,25H,(H,29,32)(H,30,33)(H,34,35). The van der Waals surface area contributed by atoms with E-state index in [1.54, 1.807) is 24.3 Å². The van der Waals surface area contributed by atoms with Crippen LogP contribution in [0.5, 0.6) is 0 Å². The van der Waals surface area contributed by atoms with Crippen LogP contribution in [0.25, 0.3) is 0 Å². The van der Waals surface area contributed by atoms with Crippen LogP contribution in [-0.2, 0) is 4.79 Å². The molecule has 4 aromatic rings. The molecular weight excluding hydrogens is 506 g/mol. The maximum Gasteiger partial charge on any atom is 0.335 e. The zero-order chi connectivity index (χ0) is 27.1. The molecule has 4 rings (SSSR count). The molecule has 0 aromatic heterocycles. The zero-order valence-corrected chi connectivity index (χ0v) is 20.6. The maximum atomic E-state index is 13.2. The number of nitrogens with one attached hydrogen (secondary N) is 2. The fourth-order valence-electron chi connectivity index (χ4n) is 3.52. The minimum atomic E-state index is -1.05. The smallest absolute Gasteiger partial charge is 0.335 e. The summed E-state index contributed by atoms with van der Waals surface area (Å²) in [7, 11) is 0. The van der Waals surface area contributed by atoms with Gasteiger partial charge in [-0.3, -0.25) is 19.7 Å². The lowest BCUT2D eigenvalue weighted by Gasteiger charge is -2.17. The van der Waals surface area contributed by atoms with Gasteiger partial charge in [-0.15, -0.1) is 11.8 Å². The van der Waals surface area contributed by atoms with Crippen LogP contribution in [0, 0.1) is 10.1 Å². The van der Waals surface area contributed by atoms with E-state index in [2.05, 4.69) is 10.6 Å². The number of nitro groups is 1. The number of carboxylic acid groups (broad SMARTS) is 1. The van der Waals surface area contributed by atoms with Gasteiger partial charge in [0.1, 0.15) is 5.25 Å². The van der Waals surface area contributed by atoms with Gasteiger partial charge in [0.2, 0.25) is 5.91 Å². The van der Waals surface area contributed by atoms with Crippen LogP contribution in [0.4, 0.5) is 17.1 Å². The SMILES string of the molecule is O=C(O)c1ccc(NC(=O)C(Sc2ccc(NC(=O)c3cccc([N+](=O)[O-])c3)cc2)c2ccccc2)cc1. The number of amides is 2. The molecule has 0 bridgehead atoms. The number of carbonyl (C=O) groups is 3. The monoisotopic (exact) mass is 527 g/mol. The highest BCUT2D eigenvalue weighted by molar-refractivity contribution is 8.00. The van der Waals surface area contributed by atoms with E-state index in [1.165, 1.54) is 60.3 Å². The van der Waals surface area contributed by atoms with Crippen LogP contribution < -0.4 is 10.6 Å². The Morgan fingerprint density at radius 3 is 2.03 bits per heavy atom. The molecule has 0 radical (unpaired) electrons. The van der Waals surface area contributed by atoms with Crippen molar-refractivity contribution in [3.05, 3.63) is 130 Å². The molecular formula is C28H21N3O6S. The molecule has 0 spiro atoms. The Labute approximate surface area is 221 Å². The molecule has 3 N–H and O–H groups in total. The Hall–Kier alpha value is -4.96. The predicted molar refractivity (Wildman–Crippen MR) is 145 cm³/mol. The van der Waals surface area contributed by atoms with E-state index in [-0.39, 0.29) is 22.7 Å². The quantitative estimate of drug-likeness (QED) is 0.137. The number of benzene rings is 4. The van der Waals surface area contributed by atoms with E-state index in [0.29, 0.717) is 11.4 Å². The van der Waals surface area contributed by atoms with Gasteiger partial charge in [0.25, 0.3) is 11.6 Å². The van der Waals surface area contributed by atoms with Gasteiger partial charge in [0.15, 0.2) is 0 Å². The number of carboxylic acids is 1. The molecule has 38 heavy (non-hydrogen) atoms. The van der Waals surface area contributed by atoms with Crippen molar-refractivity contribution in [2.24, 2.45) is 0 Å². The average Bonchev–Trinajstić information content (AvgIpc) is 2.93. The second kappa shape index (κ2) is 11.8. The third-order valence-corrected chi connectivity index (χ3v) is 6.69. The average molecular weight is 528 g/mol. The number of nitro benzene ring substituents is 1. The molecule has 10 heteroatoms. The van der Waals surface area contributed by atoms with E-state index >= 15 is 0 Å². The van der Waals surface area contributed by atoms with Crippen molar-refractivity contribution in [3.63, 3.8) is 0 Å². The third kappa shape index (κ3) is 6.62. The molecule has 4 aromatic carbocycles. The Morgan fingerprint density at radius 2 is 1.39 bits per heavy atom. The summed E-state index contributed by atoms with van der Waals surface area (Å²) in [4.78, 5) is 48.0. The molecule has 0 saturated carbocycles. The highest BCUT2D eigenvalue weighted by Crippen LogP contribution is 2.36. The van der Waals surface area contributed by atoms with Crippen molar-refractivity contribution >= 4 is 46.6 Å². The number of anilines is 2. The lowest BCUT2D eigenvalue weighted by Crippen LogP contribution is -2.19. The predicted octanol–water partition coefficient (Wildman–Crippen LogP) is 6.02. The van der Waals surface area contributed by atoms with Crippen molar-refractivity contribution in [2.75, 3.05) is 10.6 Å². The van der Waals surface area contributed by atoms with Crippen molar-refractivity contribution in [1.82, 2.24) is 0 Å². The van der Waals surface area contributed by atoms with E-state index in [4.69, 9.17) is 5.11 Å². The van der Waals surface area contributed by atoms with Crippen molar-refractivity contribution in [3.8, 4) is 0 Å². The number of carbonyl (C=O) groups excluding carboxylic acids is 2. The number of hydrogen-bond acceptors (Lipinski definition) is 6. The summed E-state index contributed by atoms with van der Waals surface area (Å²) in [6, 6.07) is 27.5. The summed E-state index contributed by atoms with van der Waals surface area (Å²) in [5.41, 5.74) is 1.85. The summed E-state index contributed by atoms with van der Waals surface area (Å²) in [6.07, 6.45) is 0. The molecule has 0 fully saturated rings. The molecule has 190 valence electrons. The number of hydrogen-bond donors (Lipinski definition) is 3.